The van der Waals surface area contributed by atoms with E-state index in [2.05, 4.69) is 10.2 Å². The van der Waals surface area contributed by atoms with Crippen molar-refractivity contribution in [1.29, 1.82) is 0 Å². The van der Waals surface area contributed by atoms with Gasteiger partial charge in [0.15, 0.2) is 0 Å². The number of benzene rings is 2. The van der Waals surface area contributed by atoms with E-state index in [0.717, 1.165) is 35.7 Å². The van der Waals surface area contributed by atoms with Gasteiger partial charge in [-0.3, -0.25) is 4.79 Å². The van der Waals surface area contributed by atoms with Crippen LogP contribution in [0.15, 0.2) is 48.5 Å². The van der Waals surface area contributed by atoms with Crippen molar-refractivity contribution < 1.29 is 14.3 Å². The van der Waals surface area contributed by atoms with E-state index in [1.54, 1.807) is 0 Å². The van der Waals surface area contributed by atoms with Crippen molar-refractivity contribution in [2.75, 3.05) is 39.2 Å². The minimum absolute atomic E-state index is 0.00327. The molecule has 0 fully saturated rings. The summed E-state index contributed by atoms with van der Waals surface area (Å²) in [6, 6.07) is 15.4. The summed E-state index contributed by atoms with van der Waals surface area (Å²) in [5.74, 6) is 1.68. The van der Waals surface area contributed by atoms with Crippen LogP contribution in [0.3, 0.4) is 0 Å². The van der Waals surface area contributed by atoms with E-state index < -0.39 is 0 Å². The number of amides is 1. The molecule has 5 nitrogen and oxygen atoms in total. The summed E-state index contributed by atoms with van der Waals surface area (Å²) in [4.78, 5) is 14.3. The zero-order valence-corrected chi connectivity index (χ0v) is 16.5. The molecule has 0 spiro atoms. The lowest BCUT2D eigenvalue weighted by atomic mass is 10.1. The smallest absolute Gasteiger partial charge is 0.224 e. The Kier molecular flexibility index (Phi) is 8.65. The van der Waals surface area contributed by atoms with Crippen LogP contribution in [0.5, 0.6) is 11.5 Å². The lowest BCUT2D eigenvalue weighted by Gasteiger charge is -2.11. The molecule has 2 aromatic carbocycles. The minimum Gasteiger partial charge on any atom is -0.494 e. The molecule has 2 rings (SSSR count). The summed E-state index contributed by atoms with van der Waals surface area (Å²) in [6.07, 6.45) is 2.12. The Labute approximate surface area is 162 Å². The van der Waals surface area contributed by atoms with Crippen molar-refractivity contribution in [3.05, 3.63) is 54.1 Å². The number of rotatable bonds is 11. The van der Waals surface area contributed by atoms with Crippen LogP contribution in [-0.2, 0) is 11.2 Å². The molecular weight excluding hydrogens is 340 g/mol. The normalized spacial score (nSPS) is 10.7. The fourth-order valence-electron chi connectivity index (χ4n) is 2.61. The van der Waals surface area contributed by atoms with Gasteiger partial charge in [0.1, 0.15) is 11.5 Å². The fraction of sp³-hybridized carbons (Fsp3) is 0.409. The number of ether oxygens (including phenoxy) is 2. The van der Waals surface area contributed by atoms with Crippen molar-refractivity contribution in [1.82, 2.24) is 4.90 Å². The molecule has 0 radical (unpaired) electrons. The molecule has 1 N–H and O–H groups in total. The van der Waals surface area contributed by atoms with Gasteiger partial charge in [0.25, 0.3) is 0 Å². The average molecular weight is 370 g/mol. The predicted octanol–water partition coefficient (Wildman–Crippen LogP) is 3.99. The number of carbonyl (C=O) groups excluding carboxylic acids is 1. The summed E-state index contributed by atoms with van der Waals surface area (Å²) in [7, 11) is 4.10. The van der Waals surface area contributed by atoms with E-state index in [4.69, 9.17) is 9.47 Å². The average Bonchev–Trinajstić information content (AvgIpc) is 2.66. The molecule has 2 aromatic rings. The van der Waals surface area contributed by atoms with Crippen molar-refractivity contribution in [3.63, 3.8) is 0 Å². The monoisotopic (exact) mass is 370 g/mol. The van der Waals surface area contributed by atoms with E-state index in [-0.39, 0.29) is 5.91 Å². The third kappa shape index (κ3) is 8.13. The third-order valence-corrected chi connectivity index (χ3v) is 4.03. The Balaban J connectivity index is 1.71. The second-order valence-corrected chi connectivity index (χ2v) is 6.65. The number of carbonyl (C=O) groups is 1. The molecular formula is C22H30N2O3. The molecule has 5 heteroatoms. The van der Waals surface area contributed by atoms with Gasteiger partial charge in [-0.15, -0.1) is 0 Å². The van der Waals surface area contributed by atoms with Crippen LogP contribution in [0.4, 0.5) is 5.69 Å². The van der Waals surface area contributed by atoms with Gasteiger partial charge in [0.05, 0.1) is 13.2 Å². The maximum absolute atomic E-state index is 12.1. The Morgan fingerprint density at radius 3 is 2.22 bits per heavy atom. The highest BCUT2D eigenvalue weighted by molar-refractivity contribution is 5.90. The van der Waals surface area contributed by atoms with Crippen LogP contribution in [0.1, 0.15) is 25.3 Å². The van der Waals surface area contributed by atoms with Crippen LogP contribution in [0.25, 0.3) is 0 Å². The zero-order valence-electron chi connectivity index (χ0n) is 16.5. The molecule has 146 valence electrons. The van der Waals surface area contributed by atoms with E-state index >= 15 is 0 Å². The van der Waals surface area contributed by atoms with Gasteiger partial charge in [-0.25, -0.2) is 0 Å². The predicted molar refractivity (Wildman–Crippen MR) is 110 cm³/mol. The quantitative estimate of drug-likeness (QED) is 0.608. The van der Waals surface area contributed by atoms with E-state index in [1.807, 2.05) is 69.6 Å². The first-order valence-electron chi connectivity index (χ1n) is 9.46. The number of anilines is 1. The van der Waals surface area contributed by atoms with Gasteiger partial charge >= 0.3 is 0 Å². The summed E-state index contributed by atoms with van der Waals surface area (Å²) in [6.45, 7) is 4.30. The molecule has 1 amide bonds. The van der Waals surface area contributed by atoms with Crippen LogP contribution < -0.4 is 14.8 Å². The van der Waals surface area contributed by atoms with E-state index in [9.17, 15) is 4.79 Å². The van der Waals surface area contributed by atoms with Crippen molar-refractivity contribution in [2.45, 2.75) is 26.2 Å². The molecule has 0 saturated heterocycles. The van der Waals surface area contributed by atoms with Gasteiger partial charge in [0, 0.05) is 18.7 Å². The highest BCUT2D eigenvalue weighted by Crippen LogP contribution is 2.17. The molecule has 0 saturated carbocycles. The van der Waals surface area contributed by atoms with Gasteiger partial charge in [-0.05, 0) is 75.8 Å². The molecule has 0 aliphatic heterocycles. The van der Waals surface area contributed by atoms with Gasteiger partial charge < -0.3 is 19.7 Å². The second-order valence-electron chi connectivity index (χ2n) is 6.65. The third-order valence-electron chi connectivity index (χ3n) is 4.03. The zero-order chi connectivity index (χ0) is 19.5. The molecule has 27 heavy (non-hydrogen) atoms. The summed E-state index contributed by atoms with van der Waals surface area (Å²) in [5, 5.41) is 2.93. The van der Waals surface area contributed by atoms with Gasteiger partial charge in [-0.2, -0.15) is 0 Å². The number of aryl methyl sites for hydroxylation is 1. The molecule has 0 atom stereocenters. The topological polar surface area (TPSA) is 50.8 Å². The van der Waals surface area contributed by atoms with Crippen LogP contribution >= 0.6 is 0 Å². The fourth-order valence-corrected chi connectivity index (χ4v) is 2.61. The van der Waals surface area contributed by atoms with Crippen LogP contribution in [-0.4, -0.2) is 44.7 Å². The Bertz CT molecular complexity index is 682. The van der Waals surface area contributed by atoms with Crippen molar-refractivity contribution >= 4 is 11.6 Å². The molecule has 0 aliphatic rings. The number of hydrogen-bond acceptors (Lipinski definition) is 4. The maximum atomic E-state index is 12.1. The lowest BCUT2D eigenvalue weighted by molar-refractivity contribution is -0.116. The summed E-state index contributed by atoms with van der Waals surface area (Å²) in [5.41, 5.74) is 1.91. The molecule has 0 unspecified atom stereocenters. The largest absolute Gasteiger partial charge is 0.494 e. The number of nitrogens with one attached hydrogen (secondary N) is 1. The van der Waals surface area contributed by atoms with E-state index in [1.165, 1.54) is 0 Å². The standard InChI is InChI=1S/C22H30N2O3/c1-4-26-20-11-6-18(7-12-20)8-15-22(25)23-19-9-13-21(14-10-19)27-17-5-16-24(2)3/h6-7,9-14H,4-5,8,15-17H2,1-3H3,(H,23,25). The van der Waals surface area contributed by atoms with Gasteiger partial charge in [-0.1, -0.05) is 12.1 Å². The SMILES string of the molecule is CCOc1ccc(CCC(=O)Nc2ccc(OCCCN(C)C)cc2)cc1. The minimum atomic E-state index is 0.00327. The first-order valence-corrected chi connectivity index (χ1v) is 9.46. The maximum Gasteiger partial charge on any atom is 0.224 e. The lowest BCUT2D eigenvalue weighted by Crippen LogP contribution is -2.15. The Morgan fingerprint density at radius 1 is 0.963 bits per heavy atom. The van der Waals surface area contributed by atoms with E-state index in [0.29, 0.717) is 26.1 Å². The first kappa shape index (κ1) is 20.8. The van der Waals surface area contributed by atoms with Gasteiger partial charge in [0.2, 0.25) is 5.91 Å². The molecule has 0 aliphatic carbocycles. The highest BCUT2D eigenvalue weighted by atomic mass is 16.5. The second kappa shape index (κ2) is 11.2. The number of hydrogen-bond donors (Lipinski definition) is 1. The molecule has 0 bridgehead atoms. The summed E-state index contributed by atoms with van der Waals surface area (Å²) >= 11 is 0. The van der Waals surface area contributed by atoms with Crippen molar-refractivity contribution in [2.24, 2.45) is 0 Å². The Morgan fingerprint density at radius 2 is 1.59 bits per heavy atom. The molecule has 0 heterocycles. The summed E-state index contributed by atoms with van der Waals surface area (Å²) < 4.78 is 11.1. The first-order chi connectivity index (χ1) is 13.1. The van der Waals surface area contributed by atoms with Crippen LogP contribution in [0.2, 0.25) is 0 Å². The van der Waals surface area contributed by atoms with Crippen LogP contribution in [0, 0.1) is 0 Å². The van der Waals surface area contributed by atoms with Crippen molar-refractivity contribution in [3.8, 4) is 11.5 Å². The molecule has 0 aromatic heterocycles. The Hall–Kier alpha value is -2.53. The highest BCUT2D eigenvalue weighted by Gasteiger charge is 2.04. The number of nitrogens with zero attached hydrogens (tertiary/aromatic N) is 1.